The molecule has 0 saturated heterocycles. The molecule has 4 nitrogen and oxygen atoms in total. The van der Waals surface area contributed by atoms with Gasteiger partial charge in [-0.1, -0.05) is 25.1 Å². The normalized spacial score (nSPS) is 12.6. The second kappa shape index (κ2) is 5.01. The maximum Gasteiger partial charge on any atom is 0.0743 e. The number of aliphatic hydroxyl groups excluding tert-OH is 1. The van der Waals surface area contributed by atoms with Gasteiger partial charge in [0, 0.05) is 11.4 Å². The molecule has 2 rings (SSSR count). The van der Waals surface area contributed by atoms with Crippen molar-refractivity contribution in [3.63, 3.8) is 0 Å². The first-order chi connectivity index (χ1) is 8.26. The van der Waals surface area contributed by atoms with Crippen molar-refractivity contribution >= 4 is 22.3 Å². The number of benzene rings is 1. The second-order valence-electron chi connectivity index (χ2n) is 4.04. The Morgan fingerprint density at radius 3 is 2.88 bits per heavy atom. The molecule has 0 aliphatic rings. The number of hydrogen-bond donors (Lipinski definition) is 3. The predicted octanol–water partition coefficient (Wildman–Crippen LogP) is 2.00. The fourth-order valence-corrected chi connectivity index (χ4v) is 1.80. The van der Waals surface area contributed by atoms with Crippen LogP contribution in [0.3, 0.4) is 0 Å². The average molecular weight is 231 g/mol. The van der Waals surface area contributed by atoms with Gasteiger partial charge in [0.2, 0.25) is 0 Å². The van der Waals surface area contributed by atoms with Crippen LogP contribution in [0.15, 0.2) is 30.5 Å². The number of aliphatic hydroxyl groups is 1. The summed E-state index contributed by atoms with van der Waals surface area (Å²) in [6, 6.07) is 7.83. The predicted molar refractivity (Wildman–Crippen MR) is 70.9 cm³/mol. The summed E-state index contributed by atoms with van der Waals surface area (Å²) in [6.45, 7) is 2.11. The number of para-hydroxylation sites is 1. The minimum absolute atomic E-state index is 0.0168. The zero-order valence-corrected chi connectivity index (χ0v) is 9.85. The molecule has 0 aliphatic heterocycles. The summed E-state index contributed by atoms with van der Waals surface area (Å²) in [5.74, 6) is 0. The Hall–Kier alpha value is -1.81. The van der Waals surface area contributed by atoms with E-state index in [0.717, 1.165) is 23.0 Å². The number of nitrogen functional groups attached to an aromatic ring is 1. The number of anilines is 2. The van der Waals surface area contributed by atoms with Crippen molar-refractivity contribution in [1.29, 1.82) is 0 Å². The third-order valence-corrected chi connectivity index (χ3v) is 2.87. The molecule has 1 aromatic heterocycles. The maximum atomic E-state index is 9.23. The third-order valence-electron chi connectivity index (χ3n) is 2.87. The van der Waals surface area contributed by atoms with Gasteiger partial charge in [0.15, 0.2) is 0 Å². The Balaban J connectivity index is 2.47. The standard InChI is InChI=1S/C13H17N3O/c1-2-9(8-17)16-13-10-5-3-4-6-12(10)15-7-11(13)14/h3-7,9,17H,2,8,14H2,1H3,(H,15,16). The van der Waals surface area contributed by atoms with Crippen molar-refractivity contribution in [3.05, 3.63) is 30.5 Å². The van der Waals surface area contributed by atoms with E-state index in [4.69, 9.17) is 5.73 Å². The van der Waals surface area contributed by atoms with Crippen LogP contribution in [0, 0.1) is 0 Å². The Bertz CT molecular complexity index is 509. The van der Waals surface area contributed by atoms with Crippen molar-refractivity contribution in [2.75, 3.05) is 17.7 Å². The van der Waals surface area contributed by atoms with Crippen LogP contribution < -0.4 is 11.1 Å². The molecular weight excluding hydrogens is 214 g/mol. The van der Waals surface area contributed by atoms with E-state index < -0.39 is 0 Å². The SMILES string of the molecule is CCC(CO)Nc1c(N)cnc2ccccc12. The molecule has 2 aromatic rings. The topological polar surface area (TPSA) is 71.2 Å². The number of rotatable bonds is 4. The summed E-state index contributed by atoms with van der Waals surface area (Å²) in [7, 11) is 0. The van der Waals surface area contributed by atoms with Gasteiger partial charge in [0.1, 0.15) is 0 Å². The highest BCUT2D eigenvalue weighted by Gasteiger charge is 2.10. The van der Waals surface area contributed by atoms with Crippen molar-refractivity contribution < 1.29 is 5.11 Å². The Kier molecular flexibility index (Phi) is 3.44. The van der Waals surface area contributed by atoms with E-state index in [1.54, 1.807) is 6.20 Å². The lowest BCUT2D eigenvalue weighted by Crippen LogP contribution is -2.23. The highest BCUT2D eigenvalue weighted by Crippen LogP contribution is 2.28. The molecule has 0 aliphatic carbocycles. The summed E-state index contributed by atoms with van der Waals surface area (Å²) in [5.41, 5.74) is 8.30. The van der Waals surface area contributed by atoms with Crippen molar-refractivity contribution in [3.8, 4) is 0 Å². The van der Waals surface area contributed by atoms with E-state index in [-0.39, 0.29) is 12.6 Å². The highest BCUT2D eigenvalue weighted by molar-refractivity contribution is 5.96. The molecule has 0 radical (unpaired) electrons. The molecule has 0 bridgehead atoms. The lowest BCUT2D eigenvalue weighted by Gasteiger charge is -2.18. The van der Waals surface area contributed by atoms with E-state index in [2.05, 4.69) is 10.3 Å². The van der Waals surface area contributed by atoms with Crippen molar-refractivity contribution in [2.45, 2.75) is 19.4 Å². The molecule has 0 spiro atoms. The summed E-state index contributed by atoms with van der Waals surface area (Å²) in [5, 5.41) is 13.5. The van der Waals surface area contributed by atoms with Gasteiger partial charge in [-0.25, -0.2) is 0 Å². The molecular formula is C13H17N3O. The van der Waals surface area contributed by atoms with E-state index in [1.165, 1.54) is 0 Å². The number of nitrogens with two attached hydrogens (primary N) is 1. The van der Waals surface area contributed by atoms with Crippen LogP contribution in [0.5, 0.6) is 0 Å². The van der Waals surface area contributed by atoms with Gasteiger partial charge in [-0.05, 0) is 12.5 Å². The molecule has 4 heteroatoms. The van der Waals surface area contributed by atoms with Crippen LogP contribution >= 0.6 is 0 Å². The van der Waals surface area contributed by atoms with Gasteiger partial charge in [-0.3, -0.25) is 4.98 Å². The fraction of sp³-hybridized carbons (Fsp3) is 0.308. The van der Waals surface area contributed by atoms with E-state index >= 15 is 0 Å². The molecule has 1 heterocycles. The zero-order chi connectivity index (χ0) is 12.3. The van der Waals surface area contributed by atoms with Gasteiger partial charge in [-0.15, -0.1) is 0 Å². The van der Waals surface area contributed by atoms with Crippen LogP contribution in [-0.4, -0.2) is 22.7 Å². The van der Waals surface area contributed by atoms with E-state index in [0.29, 0.717) is 5.69 Å². The molecule has 0 fully saturated rings. The second-order valence-corrected chi connectivity index (χ2v) is 4.04. The molecule has 1 atom stereocenters. The monoisotopic (exact) mass is 231 g/mol. The summed E-state index contributed by atoms with van der Waals surface area (Å²) in [6.07, 6.45) is 2.49. The highest BCUT2D eigenvalue weighted by atomic mass is 16.3. The molecule has 0 amide bonds. The van der Waals surface area contributed by atoms with Crippen molar-refractivity contribution in [2.24, 2.45) is 0 Å². The molecule has 1 aromatic carbocycles. The quantitative estimate of drug-likeness (QED) is 0.752. The number of fused-ring (bicyclic) bond motifs is 1. The average Bonchev–Trinajstić information content (AvgIpc) is 2.38. The summed E-state index contributed by atoms with van der Waals surface area (Å²) >= 11 is 0. The van der Waals surface area contributed by atoms with Crippen LogP contribution in [0.4, 0.5) is 11.4 Å². The smallest absolute Gasteiger partial charge is 0.0743 e. The molecule has 4 N–H and O–H groups in total. The summed E-state index contributed by atoms with van der Waals surface area (Å²) in [4.78, 5) is 4.27. The minimum atomic E-state index is 0.0168. The van der Waals surface area contributed by atoms with Gasteiger partial charge < -0.3 is 16.2 Å². The molecule has 90 valence electrons. The van der Waals surface area contributed by atoms with Gasteiger partial charge >= 0.3 is 0 Å². The zero-order valence-electron chi connectivity index (χ0n) is 9.85. The van der Waals surface area contributed by atoms with Crippen molar-refractivity contribution in [1.82, 2.24) is 4.98 Å². The Morgan fingerprint density at radius 1 is 1.41 bits per heavy atom. The van der Waals surface area contributed by atoms with Crippen LogP contribution in [0.1, 0.15) is 13.3 Å². The van der Waals surface area contributed by atoms with Gasteiger partial charge in [-0.2, -0.15) is 0 Å². The fourth-order valence-electron chi connectivity index (χ4n) is 1.80. The lowest BCUT2D eigenvalue weighted by atomic mass is 10.1. The number of nitrogens with one attached hydrogen (secondary N) is 1. The molecule has 1 unspecified atom stereocenters. The first-order valence-electron chi connectivity index (χ1n) is 5.77. The Labute approximate surface area is 100 Å². The largest absolute Gasteiger partial charge is 0.396 e. The van der Waals surface area contributed by atoms with Crippen LogP contribution in [0.25, 0.3) is 10.9 Å². The first-order valence-corrected chi connectivity index (χ1v) is 5.77. The minimum Gasteiger partial charge on any atom is -0.396 e. The van der Waals surface area contributed by atoms with Crippen LogP contribution in [-0.2, 0) is 0 Å². The number of nitrogens with zero attached hydrogens (tertiary/aromatic N) is 1. The summed E-state index contributed by atoms with van der Waals surface area (Å²) < 4.78 is 0. The number of pyridine rings is 1. The number of aromatic nitrogens is 1. The lowest BCUT2D eigenvalue weighted by molar-refractivity contribution is 0.272. The third kappa shape index (κ3) is 2.31. The van der Waals surface area contributed by atoms with Gasteiger partial charge in [0.25, 0.3) is 0 Å². The van der Waals surface area contributed by atoms with E-state index in [9.17, 15) is 5.11 Å². The van der Waals surface area contributed by atoms with Gasteiger partial charge in [0.05, 0.1) is 29.7 Å². The van der Waals surface area contributed by atoms with E-state index in [1.807, 2.05) is 31.2 Å². The Morgan fingerprint density at radius 2 is 2.18 bits per heavy atom. The van der Waals surface area contributed by atoms with Crippen LogP contribution in [0.2, 0.25) is 0 Å². The first kappa shape index (κ1) is 11.7. The molecule has 17 heavy (non-hydrogen) atoms. The molecule has 0 saturated carbocycles. The number of hydrogen-bond acceptors (Lipinski definition) is 4. The maximum absolute atomic E-state index is 9.23.